The zero-order valence-corrected chi connectivity index (χ0v) is 19.7. The third kappa shape index (κ3) is 6.70. The number of sulfonamides is 1. The zero-order chi connectivity index (χ0) is 23.2. The van der Waals surface area contributed by atoms with Crippen LogP contribution in [0.5, 0.6) is 0 Å². The van der Waals surface area contributed by atoms with Gasteiger partial charge in [-0.05, 0) is 37.1 Å². The standard InChI is InChI=1S/C22H28ClN3O4S/c1-5-20(22(28)24-3)25(14-17-9-6-8-16(2)12-17)21(27)15-26(31(4,29)30)19-11-7-10-18(23)13-19/h6-13,20H,5,14-15H2,1-4H3,(H,24,28)/t20-/m0/s1. The number of likely N-dealkylation sites (N-methyl/N-ethyl adjacent to an activating group) is 1. The van der Waals surface area contributed by atoms with Crippen molar-refractivity contribution in [3.05, 3.63) is 64.7 Å². The predicted octanol–water partition coefficient (Wildman–Crippen LogP) is 2.97. The highest BCUT2D eigenvalue weighted by Crippen LogP contribution is 2.23. The Balaban J connectivity index is 2.43. The molecule has 0 radical (unpaired) electrons. The van der Waals surface area contributed by atoms with Crippen LogP contribution in [0.1, 0.15) is 24.5 Å². The van der Waals surface area contributed by atoms with E-state index in [0.29, 0.717) is 11.4 Å². The number of hydrogen-bond acceptors (Lipinski definition) is 4. The molecule has 0 saturated heterocycles. The minimum Gasteiger partial charge on any atom is -0.357 e. The molecule has 2 amide bonds. The Kier molecular flexibility index (Phi) is 8.47. The average molecular weight is 466 g/mol. The van der Waals surface area contributed by atoms with Gasteiger partial charge in [0.25, 0.3) is 0 Å². The Labute approximate surface area is 189 Å². The van der Waals surface area contributed by atoms with Gasteiger partial charge in [0.05, 0.1) is 11.9 Å². The number of aryl methyl sites for hydroxylation is 1. The van der Waals surface area contributed by atoms with Crippen molar-refractivity contribution >= 4 is 39.1 Å². The van der Waals surface area contributed by atoms with E-state index in [2.05, 4.69) is 5.32 Å². The first-order valence-electron chi connectivity index (χ1n) is 9.86. The first-order chi connectivity index (χ1) is 14.6. The SMILES string of the molecule is CC[C@@H](C(=O)NC)N(Cc1cccc(C)c1)C(=O)CN(c1cccc(Cl)c1)S(C)(=O)=O. The Bertz CT molecular complexity index is 1040. The van der Waals surface area contributed by atoms with E-state index in [9.17, 15) is 18.0 Å². The summed E-state index contributed by atoms with van der Waals surface area (Å²) in [7, 11) is -2.27. The summed E-state index contributed by atoms with van der Waals surface area (Å²) in [4.78, 5) is 27.3. The van der Waals surface area contributed by atoms with Crippen molar-refractivity contribution in [2.45, 2.75) is 32.9 Å². The van der Waals surface area contributed by atoms with Crippen LogP contribution in [-0.2, 0) is 26.2 Å². The summed E-state index contributed by atoms with van der Waals surface area (Å²) < 4.78 is 25.9. The van der Waals surface area contributed by atoms with E-state index in [-0.39, 0.29) is 18.1 Å². The highest BCUT2D eigenvalue weighted by molar-refractivity contribution is 7.92. The summed E-state index contributed by atoms with van der Waals surface area (Å²) in [5.41, 5.74) is 2.16. The molecule has 2 aromatic rings. The number of amides is 2. The fraction of sp³-hybridized carbons (Fsp3) is 0.364. The van der Waals surface area contributed by atoms with E-state index < -0.39 is 28.5 Å². The van der Waals surface area contributed by atoms with Gasteiger partial charge < -0.3 is 10.2 Å². The summed E-state index contributed by atoms with van der Waals surface area (Å²) in [6, 6.07) is 13.2. The zero-order valence-electron chi connectivity index (χ0n) is 18.1. The van der Waals surface area contributed by atoms with Crippen LogP contribution in [0.15, 0.2) is 48.5 Å². The lowest BCUT2D eigenvalue weighted by atomic mass is 10.1. The molecule has 0 spiro atoms. The van der Waals surface area contributed by atoms with Gasteiger partial charge in [0.1, 0.15) is 12.6 Å². The second-order valence-corrected chi connectivity index (χ2v) is 9.64. The average Bonchev–Trinajstić information content (AvgIpc) is 2.70. The highest BCUT2D eigenvalue weighted by Gasteiger charge is 2.31. The van der Waals surface area contributed by atoms with Crippen LogP contribution in [0, 0.1) is 6.92 Å². The number of anilines is 1. The van der Waals surface area contributed by atoms with Gasteiger partial charge in [-0.2, -0.15) is 0 Å². The second kappa shape index (κ2) is 10.6. The minimum atomic E-state index is -3.77. The minimum absolute atomic E-state index is 0.180. The van der Waals surface area contributed by atoms with Gasteiger partial charge in [-0.1, -0.05) is 54.4 Å². The maximum absolute atomic E-state index is 13.4. The normalized spacial score (nSPS) is 12.2. The molecule has 0 heterocycles. The lowest BCUT2D eigenvalue weighted by Crippen LogP contribution is -2.51. The number of halogens is 1. The number of nitrogens with one attached hydrogen (secondary N) is 1. The van der Waals surface area contributed by atoms with Crippen LogP contribution in [0.4, 0.5) is 5.69 Å². The van der Waals surface area contributed by atoms with Crippen LogP contribution in [0.3, 0.4) is 0 Å². The van der Waals surface area contributed by atoms with Crippen LogP contribution in [0.25, 0.3) is 0 Å². The number of rotatable bonds is 9. The van der Waals surface area contributed by atoms with Crippen LogP contribution >= 0.6 is 11.6 Å². The van der Waals surface area contributed by atoms with Gasteiger partial charge in [-0.3, -0.25) is 13.9 Å². The fourth-order valence-corrected chi connectivity index (χ4v) is 4.36. The van der Waals surface area contributed by atoms with Crippen LogP contribution in [0.2, 0.25) is 5.02 Å². The largest absolute Gasteiger partial charge is 0.357 e. The van der Waals surface area contributed by atoms with Crippen molar-refractivity contribution in [3.8, 4) is 0 Å². The summed E-state index contributed by atoms with van der Waals surface area (Å²) in [6.45, 7) is 3.48. The van der Waals surface area contributed by atoms with Crippen LogP contribution in [-0.4, -0.2) is 51.0 Å². The summed E-state index contributed by atoms with van der Waals surface area (Å²) in [5, 5.41) is 2.94. The summed E-state index contributed by atoms with van der Waals surface area (Å²) >= 11 is 6.02. The molecule has 0 saturated carbocycles. The van der Waals surface area contributed by atoms with Gasteiger partial charge in [0, 0.05) is 18.6 Å². The molecule has 0 aliphatic rings. The molecular weight excluding hydrogens is 438 g/mol. The van der Waals surface area contributed by atoms with Crippen molar-refractivity contribution in [3.63, 3.8) is 0 Å². The van der Waals surface area contributed by atoms with Gasteiger partial charge in [0.2, 0.25) is 21.8 Å². The molecule has 1 N–H and O–H groups in total. The van der Waals surface area contributed by atoms with E-state index in [1.807, 2.05) is 38.1 Å². The van der Waals surface area contributed by atoms with E-state index >= 15 is 0 Å². The lowest BCUT2D eigenvalue weighted by molar-refractivity contribution is -0.140. The lowest BCUT2D eigenvalue weighted by Gasteiger charge is -2.32. The van der Waals surface area contributed by atoms with Crippen molar-refractivity contribution in [1.82, 2.24) is 10.2 Å². The first-order valence-corrected chi connectivity index (χ1v) is 12.1. The molecular formula is C22H28ClN3O4S. The quantitative estimate of drug-likeness (QED) is 0.616. The molecule has 31 heavy (non-hydrogen) atoms. The number of hydrogen-bond donors (Lipinski definition) is 1. The molecule has 168 valence electrons. The molecule has 0 aliphatic carbocycles. The molecule has 1 atom stereocenters. The summed E-state index contributed by atoms with van der Waals surface area (Å²) in [6.07, 6.45) is 1.41. The van der Waals surface area contributed by atoms with Crippen molar-refractivity contribution in [1.29, 1.82) is 0 Å². The van der Waals surface area contributed by atoms with E-state index in [4.69, 9.17) is 11.6 Å². The second-order valence-electron chi connectivity index (χ2n) is 7.30. The van der Waals surface area contributed by atoms with E-state index in [1.165, 1.54) is 18.0 Å². The number of benzene rings is 2. The number of carbonyl (C=O) groups excluding carboxylic acids is 2. The number of nitrogens with zero attached hydrogens (tertiary/aromatic N) is 2. The molecule has 2 rings (SSSR count). The molecule has 7 nitrogen and oxygen atoms in total. The Morgan fingerprint density at radius 2 is 1.81 bits per heavy atom. The molecule has 0 aromatic heterocycles. The molecule has 9 heteroatoms. The van der Waals surface area contributed by atoms with Crippen molar-refractivity contribution < 1.29 is 18.0 Å². The smallest absolute Gasteiger partial charge is 0.244 e. The third-order valence-corrected chi connectivity index (χ3v) is 6.22. The van der Waals surface area contributed by atoms with Crippen LogP contribution < -0.4 is 9.62 Å². The fourth-order valence-electron chi connectivity index (χ4n) is 3.34. The van der Waals surface area contributed by atoms with Gasteiger partial charge >= 0.3 is 0 Å². The van der Waals surface area contributed by atoms with Gasteiger partial charge in [-0.15, -0.1) is 0 Å². The maximum atomic E-state index is 13.4. The molecule has 0 fully saturated rings. The monoisotopic (exact) mass is 465 g/mol. The molecule has 0 unspecified atom stereocenters. The topological polar surface area (TPSA) is 86.8 Å². The van der Waals surface area contributed by atoms with E-state index in [1.54, 1.807) is 18.2 Å². The predicted molar refractivity (Wildman–Crippen MR) is 124 cm³/mol. The molecule has 0 bridgehead atoms. The van der Waals surface area contributed by atoms with E-state index in [0.717, 1.165) is 21.7 Å². The third-order valence-electron chi connectivity index (χ3n) is 4.84. The number of carbonyl (C=O) groups is 2. The Morgan fingerprint density at radius 1 is 1.13 bits per heavy atom. The molecule has 0 aliphatic heterocycles. The van der Waals surface area contributed by atoms with Gasteiger partial charge in [0.15, 0.2) is 0 Å². The first kappa shape index (κ1) is 24.7. The van der Waals surface area contributed by atoms with Gasteiger partial charge in [-0.25, -0.2) is 8.42 Å². The summed E-state index contributed by atoms with van der Waals surface area (Å²) in [5.74, 6) is -0.792. The van der Waals surface area contributed by atoms with Crippen molar-refractivity contribution in [2.75, 3.05) is 24.2 Å². The molecule has 2 aromatic carbocycles. The Morgan fingerprint density at radius 3 is 2.35 bits per heavy atom. The maximum Gasteiger partial charge on any atom is 0.244 e. The Hall–Kier alpha value is -2.58. The van der Waals surface area contributed by atoms with Crippen molar-refractivity contribution in [2.24, 2.45) is 0 Å². The highest BCUT2D eigenvalue weighted by atomic mass is 35.5.